The van der Waals surface area contributed by atoms with E-state index < -0.39 is 28.5 Å². The maximum Gasteiger partial charge on any atom is 0.264 e. The highest BCUT2D eigenvalue weighted by Gasteiger charge is 2.34. The third kappa shape index (κ3) is 7.50. The van der Waals surface area contributed by atoms with E-state index >= 15 is 0 Å². The summed E-state index contributed by atoms with van der Waals surface area (Å²) in [5.41, 5.74) is 0.627. The van der Waals surface area contributed by atoms with E-state index in [4.69, 9.17) is 39.5 Å². The lowest BCUT2D eigenvalue weighted by atomic mass is 10.1. The van der Waals surface area contributed by atoms with Crippen molar-refractivity contribution in [2.45, 2.75) is 56.1 Å². The number of ether oxygens (including phenoxy) is 1. The van der Waals surface area contributed by atoms with Crippen LogP contribution in [-0.4, -0.2) is 50.9 Å². The highest BCUT2D eigenvalue weighted by Crippen LogP contribution is 2.35. The Kier molecular flexibility index (Phi) is 10.6. The summed E-state index contributed by atoms with van der Waals surface area (Å²) in [5, 5.41) is 4.02. The topological polar surface area (TPSA) is 96.0 Å². The number of halogens is 3. The first-order valence-electron chi connectivity index (χ1n) is 13.5. The number of hydrogen-bond acceptors (Lipinski definition) is 5. The number of carbonyl (C=O) groups excluding carboxylic acids is 2. The summed E-state index contributed by atoms with van der Waals surface area (Å²) >= 11 is 18.8. The van der Waals surface area contributed by atoms with E-state index in [1.165, 1.54) is 36.3 Å². The van der Waals surface area contributed by atoms with Gasteiger partial charge < -0.3 is 15.0 Å². The summed E-state index contributed by atoms with van der Waals surface area (Å²) < 4.78 is 34.4. The van der Waals surface area contributed by atoms with Crippen molar-refractivity contribution < 1.29 is 22.7 Å². The van der Waals surface area contributed by atoms with Gasteiger partial charge in [0.15, 0.2) is 0 Å². The molecule has 2 amide bonds. The summed E-state index contributed by atoms with van der Waals surface area (Å²) in [6, 6.07) is 16.2. The Morgan fingerprint density at radius 1 is 0.976 bits per heavy atom. The van der Waals surface area contributed by atoms with Gasteiger partial charge in [-0.3, -0.25) is 13.9 Å². The molecule has 224 valence electrons. The van der Waals surface area contributed by atoms with Crippen LogP contribution in [0.25, 0.3) is 0 Å². The van der Waals surface area contributed by atoms with Crippen molar-refractivity contribution >= 4 is 62.3 Å². The SMILES string of the molecule is COc1ccc(Cl)cc1N(CC(=O)N(Cc1ccc(Cl)cc1Cl)[C@@H](C)C(=O)NC1CCCC1)S(=O)(=O)c1ccccc1. The molecule has 0 unspecified atom stereocenters. The molecule has 3 aromatic carbocycles. The van der Waals surface area contributed by atoms with Crippen molar-refractivity contribution in [3.63, 3.8) is 0 Å². The first-order valence-corrected chi connectivity index (χ1v) is 16.0. The zero-order valence-corrected chi connectivity index (χ0v) is 26.3. The molecule has 1 aliphatic carbocycles. The molecule has 1 aliphatic rings. The number of hydrogen-bond donors (Lipinski definition) is 1. The van der Waals surface area contributed by atoms with Crippen LogP contribution in [0.1, 0.15) is 38.2 Å². The van der Waals surface area contributed by atoms with Gasteiger partial charge in [0.1, 0.15) is 18.3 Å². The van der Waals surface area contributed by atoms with Gasteiger partial charge in [-0.2, -0.15) is 0 Å². The molecule has 0 spiro atoms. The van der Waals surface area contributed by atoms with Crippen molar-refractivity contribution in [2.75, 3.05) is 18.0 Å². The predicted molar refractivity (Wildman–Crippen MR) is 166 cm³/mol. The molecule has 0 radical (unpaired) electrons. The molecule has 0 aromatic heterocycles. The van der Waals surface area contributed by atoms with E-state index in [-0.39, 0.29) is 39.8 Å². The summed E-state index contributed by atoms with van der Waals surface area (Å²) in [5.74, 6) is -0.763. The minimum atomic E-state index is -4.28. The molecular weight excluding hydrogens is 621 g/mol. The van der Waals surface area contributed by atoms with E-state index in [1.54, 1.807) is 49.4 Å². The summed E-state index contributed by atoms with van der Waals surface area (Å²) in [4.78, 5) is 28.8. The molecule has 0 aliphatic heterocycles. The summed E-state index contributed by atoms with van der Waals surface area (Å²) in [6.07, 6.45) is 3.78. The molecule has 1 N–H and O–H groups in total. The number of benzene rings is 3. The number of methoxy groups -OCH3 is 1. The summed E-state index contributed by atoms with van der Waals surface area (Å²) in [6.45, 7) is 0.919. The van der Waals surface area contributed by atoms with Crippen molar-refractivity contribution in [1.82, 2.24) is 10.2 Å². The van der Waals surface area contributed by atoms with E-state index in [0.717, 1.165) is 30.0 Å². The molecule has 12 heteroatoms. The second kappa shape index (κ2) is 14.0. The van der Waals surface area contributed by atoms with Gasteiger partial charge in [0, 0.05) is 27.7 Å². The molecule has 8 nitrogen and oxygen atoms in total. The van der Waals surface area contributed by atoms with Crippen molar-refractivity contribution in [3.05, 3.63) is 87.4 Å². The van der Waals surface area contributed by atoms with E-state index in [0.29, 0.717) is 15.6 Å². The number of anilines is 1. The lowest BCUT2D eigenvalue weighted by molar-refractivity contribution is -0.139. The lowest BCUT2D eigenvalue weighted by Gasteiger charge is -2.33. The molecule has 3 aromatic rings. The van der Waals surface area contributed by atoms with Gasteiger partial charge in [-0.1, -0.05) is 71.9 Å². The fourth-order valence-corrected chi connectivity index (χ4v) is 6.97. The maximum atomic E-state index is 14.2. The second-order valence-corrected chi connectivity index (χ2v) is 13.2. The van der Waals surface area contributed by atoms with Gasteiger partial charge in [0.05, 0.1) is 17.7 Å². The fourth-order valence-electron chi connectivity index (χ4n) is 4.90. The average Bonchev–Trinajstić information content (AvgIpc) is 3.48. The quantitative estimate of drug-likeness (QED) is 0.261. The molecule has 42 heavy (non-hydrogen) atoms. The van der Waals surface area contributed by atoms with Crippen molar-refractivity contribution in [1.29, 1.82) is 0 Å². The van der Waals surface area contributed by atoms with Crippen LogP contribution in [0.4, 0.5) is 5.69 Å². The molecule has 0 bridgehead atoms. The highest BCUT2D eigenvalue weighted by atomic mass is 35.5. The van der Waals surface area contributed by atoms with E-state index in [1.807, 2.05) is 0 Å². The zero-order chi connectivity index (χ0) is 30.4. The largest absolute Gasteiger partial charge is 0.495 e. The third-order valence-corrected chi connectivity index (χ3v) is 9.84. The molecule has 4 rings (SSSR count). The number of amides is 2. The van der Waals surface area contributed by atoms with Crippen LogP contribution in [0, 0.1) is 0 Å². The number of nitrogens with zero attached hydrogens (tertiary/aromatic N) is 2. The normalized spacial score (nSPS) is 14.3. The molecule has 0 saturated heterocycles. The number of rotatable bonds is 11. The monoisotopic (exact) mass is 651 g/mol. The smallest absolute Gasteiger partial charge is 0.264 e. The maximum absolute atomic E-state index is 14.2. The van der Waals surface area contributed by atoms with E-state index in [9.17, 15) is 18.0 Å². The Morgan fingerprint density at radius 3 is 2.26 bits per heavy atom. The van der Waals surface area contributed by atoms with Crippen LogP contribution in [0.3, 0.4) is 0 Å². The Hall–Kier alpha value is -2.98. The van der Waals surface area contributed by atoms with Crippen LogP contribution >= 0.6 is 34.8 Å². The fraction of sp³-hybridized carbons (Fsp3) is 0.333. The molecule has 1 fully saturated rings. The third-order valence-electron chi connectivity index (χ3n) is 7.24. The van der Waals surface area contributed by atoms with Crippen LogP contribution < -0.4 is 14.4 Å². The standard InChI is InChI=1S/C30H32Cl3N3O5S/c1-20(30(38)34-24-8-6-7-9-24)35(18-21-12-13-22(31)16-26(21)33)29(37)19-36(27-17-23(32)14-15-28(27)41-2)42(39,40)25-10-4-3-5-11-25/h3-5,10-17,20,24H,6-9,18-19H2,1-2H3,(H,34,38)/t20-/m0/s1. The van der Waals surface area contributed by atoms with Gasteiger partial charge in [-0.15, -0.1) is 0 Å². The summed E-state index contributed by atoms with van der Waals surface area (Å²) in [7, 11) is -2.89. The predicted octanol–water partition coefficient (Wildman–Crippen LogP) is 6.33. The number of nitrogens with one attached hydrogen (secondary N) is 1. The molecule has 0 heterocycles. The Balaban J connectivity index is 1.75. The van der Waals surface area contributed by atoms with Crippen molar-refractivity contribution in [3.8, 4) is 5.75 Å². The Labute approximate surface area is 261 Å². The molecule has 1 atom stereocenters. The number of sulfonamides is 1. The minimum Gasteiger partial charge on any atom is -0.495 e. The molecule has 1 saturated carbocycles. The highest BCUT2D eigenvalue weighted by molar-refractivity contribution is 7.92. The van der Waals surface area contributed by atoms with Crippen molar-refractivity contribution in [2.24, 2.45) is 0 Å². The Morgan fingerprint density at radius 2 is 1.62 bits per heavy atom. The first kappa shape index (κ1) is 31.9. The molecular formula is C30H32Cl3N3O5S. The van der Waals surface area contributed by atoms with E-state index in [2.05, 4.69) is 5.32 Å². The van der Waals surface area contributed by atoms with Crippen LogP contribution in [0.15, 0.2) is 71.6 Å². The van der Waals surface area contributed by atoms with Crippen LogP contribution in [0.2, 0.25) is 15.1 Å². The lowest BCUT2D eigenvalue weighted by Crippen LogP contribution is -2.52. The van der Waals surface area contributed by atoms with Gasteiger partial charge in [0.2, 0.25) is 11.8 Å². The van der Waals surface area contributed by atoms with Gasteiger partial charge in [-0.25, -0.2) is 8.42 Å². The van der Waals surface area contributed by atoms with Crippen LogP contribution in [0.5, 0.6) is 5.75 Å². The van der Waals surface area contributed by atoms with Gasteiger partial charge >= 0.3 is 0 Å². The van der Waals surface area contributed by atoms with Gasteiger partial charge in [0.25, 0.3) is 10.0 Å². The first-order chi connectivity index (χ1) is 20.0. The zero-order valence-electron chi connectivity index (χ0n) is 23.2. The average molecular weight is 653 g/mol. The second-order valence-electron chi connectivity index (χ2n) is 10.1. The van der Waals surface area contributed by atoms with Crippen LogP contribution in [-0.2, 0) is 26.2 Å². The number of carbonyl (C=O) groups is 2. The van der Waals surface area contributed by atoms with Gasteiger partial charge in [-0.05, 0) is 67.8 Å². The minimum absolute atomic E-state index is 0.0286. The Bertz CT molecular complexity index is 1530.